The molecule has 0 amide bonds. The first kappa shape index (κ1) is 16.4. The molecule has 2 atom stereocenters. The van der Waals surface area contributed by atoms with Crippen LogP contribution in [0, 0.1) is 5.82 Å². The van der Waals surface area contributed by atoms with Gasteiger partial charge >= 0.3 is 0 Å². The van der Waals surface area contributed by atoms with Crippen molar-refractivity contribution in [2.45, 2.75) is 25.5 Å². The van der Waals surface area contributed by atoms with Crippen LogP contribution in [0.2, 0.25) is 0 Å². The molecule has 0 aliphatic carbocycles. The van der Waals surface area contributed by atoms with Crippen LogP contribution in [-0.2, 0) is 9.47 Å². The van der Waals surface area contributed by atoms with Crippen LogP contribution in [0.5, 0.6) is 0 Å². The maximum absolute atomic E-state index is 13.0. The fourth-order valence-corrected chi connectivity index (χ4v) is 3.59. The van der Waals surface area contributed by atoms with Crippen molar-refractivity contribution in [1.82, 2.24) is 14.6 Å². The number of aromatic nitrogens is 3. The molecule has 3 heterocycles. The summed E-state index contributed by atoms with van der Waals surface area (Å²) in [6.07, 6.45) is 3.02. The van der Waals surface area contributed by atoms with Crippen LogP contribution in [0.1, 0.15) is 13.3 Å². The number of benzene rings is 1. The highest BCUT2D eigenvalue weighted by atomic mass is 32.1. The fourth-order valence-electron chi connectivity index (χ4n) is 2.70. The van der Waals surface area contributed by atoms with Crippen molar-refractivity contribution in [2.24, 2.45) is 0 Å². The van der Waals surface area contributed by atoms with Gasteiger partial charge in [-0.2, -0.15) is 0 Å². The summed E-state index contributed by atoms with van der Waals surface area (Å²) in [7, 11) is 0. The van der Waals surface area contributed by atoms with E-state index in [1.165, 1.54) is 23.5 Å². The van der Waals surface area contributed by atoms with E-state index in [1.54, 1.807) is 16.6 Å². The molecule has 0 bridgehead atoms. The molecule has 3 aromatic rings. The molecule has 1 saturated heterocycles. The Morgan fingerprint density at radius 3 is 3.00 bits per heavy atom. The highest BCUT2D eigenvalue weighted by molar-refractivity contribution is 7.20. The van der Waals surface area contributed by atoms with Gasteiger partial charge in [-0.05, 0) is 37.6 Å². The molecule has 4 rings (SSSR count). The lowest BCUT2D eigenvalue weighted by molar-refractivity contribution is 0.0395. The highest BCUT2D eigenvalue weighted by Gasteiger charge is 2.17. The van der Waals surface area contributed by atoms with Crippen molar-refractivity contribution < 1.29 is 13.9 Å². The number of halogens is 1. The average Bonchev–Trinajstić information content (AvgIpc) is 3.29. The second-order valence-corrected chi connectivity index (χ2v) is 7.09. The molecular weight excluding hydrogens is 343 g/mol. The number of nitrogens with zero attached hydrogens (tertiary/aromatic N) is 3. The van der Waals surface area contributed by atoms with Crippen LogP contribution < -0.4 is 5.32 Å². The SMILES string of the molecule is CC(COC1CCOC1)Nc1nn2cc(-c3ccc(F)cc3)nc2s1. The number of hydrogen-bond donors (Lipinski definition) is 1. The Kier molecular flexibility index (Phi) is 4.65. The average molecular weight is 362 g/mol. The zero-order chi connectivity index (χ0) is 17.2. The normalized spacial score (nSPS) is 18.7. The number of anilines is 1. The van der Waals surface area contributed by atoms with E-state index in [-0.39, 0.29) is 18.0 Å². The third kappa shape index (κ3) is 3.81. The molecule has 2 aromatic heterocycles. The molecule has 1 N–H and O–H groups in total. The van der Waals surface area contributed by atoms with Crippen molar-refractivity contribution in [1.29, 1.82) is 0 Å². The molecule has 0 saturated carbocycles. The monoisotopic (exact) mass is 362 g/mol. The van der Waals surface area contributed by atoms with E-state index in [0.717, 1.165) is 34.4 Å². The second kappa shape index (κ2) is 7.07. The summed E-state index contributed by atoms with van der Waals surface area (Å²) in [6.45, 7) is 4.14. The lowest BCUT2D eigenvalue weighted by Gasteiger charge is -2.15. The number of rotatable bonds is 6. The summed E-state index contributed by atoms with van der Waals surface area (Å²) in [6, 6.07) is 6.44. The molecule has 0 radical (unpaired) electrons. The Bertz CT molecular complexity index is 811. The molecule has 1 aliphatic heterocycles. The zero-order valence-corrected chi connectivity index (χ0v) is 14.6. The maximum Gasteiger partial charge on any atom is 0.214 e. The van der Waals surface area contributed by atoms with Gasteiger partial charge in [-0.1, -0.05) is 11.3 Å². The summed E-state index contributed by atoms with van der Waals surface area (Å²) in [5, 5.41) is 8.64. The van der Waals surface area contributed by atoms with Crippen LogP contribution in [0.3, 0.4) is 0 Å². The molecule has 25 heavy (non-hydrogen) atoms. The predicted molar refractivity (Wildman–Crippen MR) is 94.5 cm³/mol. The molecule has 0 spiro atoms. The largest absolute Gasteiger partial charge is 0.379 e. The highest BCUT2D eigenvalue weighted by Crippen LogP contribution is 2.25. The molecule has 8 heteroatoms. The second-order valence-electron chi connectivity index (χ2n) is 6.13. The summed E-state index contributed by atoms with van der Waals surface area (Å²) in [5.74, 6) is -0.255. The lowest BCUT2D eigenvalue weighted by atomic mass is 10.2. The van der Waals surface area contributed by atoms with Gasteiger partial charge in [0.1, 0.15) is 5.82 Å². The minimum atomic E-state index is -0.255. The van der Waals surface area contributed by atoms with Crippen molar-refractivity contribution in [3.8, 4) is 11.3 Å². The van der Waals surface area contributed by atoms with Gasteiger partial charge in [0.15, 0.2) is 0 Å². The van der Waals surface area contributed by atoms with Crippen molar-refractivity contribution in [3.63, 3.8) is 0 Å². The molecule has 1 aromatic carbocycles. The van der Waals surface area contributed by atoms with Crippen molar-refractivity contribution in [2.75, 3.05) is 25.1 Å². The van der Waals surface area contributed by atoms with Gasteiger partial charge in [0, 0.05) is 18.2 Å². The van der Waals surface area contributed by atoms with Gasteiger partial charge < -0.3 is 14.8 Å². The summed E-state index contributed by atoms with van der Waals surface area (Å²) in [4.78, 5) is 5.35. The van der Waals surface area contributed by atoms with E-state index in [9.17, 15) is 4.39 Å². The Balaban J connectivity index is 1.39. The molecule has 1 fully saturated rings. The standard InChI is InChI=1S/C17H19FN4O2S/c1-11(9-24-14-6-7-23-10-14)19-16-21-22-8-15(20-17(22)25-16)12-2-4-13(18)5-3-12/h2-5,8,11,14H,6-7,9-10H2,1H3,(H,19,21). The van der Waals surface area contributed by atoms with E-state index in [0.29, 0.717) is 13.2 Å². The van der Waals surface area contributed by atoms with Crippen LogP contribution in [-0.4, -0.2) is 46.6 Å². The molecule has 2 unspecified atom stereocenters. The van der Waals surface area contributed by atoms with Gasteiger partial charge in [0.25, 0.3) is 0 Å². The molecule has 1 aliphatic rings. The minimum absolute atomic E-state index is 0.146. The quantitative estimate of drug-likeness (QED) is 0.730. The van der Waals surface area contributed by atoms with E-state index in [4.69, 9.17) is 9.47 Å². The molecular formula is C17H19FN4O2S. The van der Waals surface area contributed by atoms with Gasteiger partial charge in [-0.3, -0.25) is 0 Å². The van der Waals surface area contributed by atoms with Gasteiger partial charge in [-0.25, -0.2) is 13.9 Å². The third-order valence-electron chi connectivity index (χ3n) is 4.02. The first-order valence-electron chi connectivity index (χ1n) is 8.25. The summed E-state index contributed by atoms with van der Waals surface area (Å²) < 4.78 is 25.9. The molecule has 6 nitrogen and oxygen atoms in total. The number of ether oxygens (including phenoxy) is 2. The smallest absolute Gasteiger partial charge is 0.214 e. The van der Waals surface area contributed by atoms with Crippen LogP contribution in [0.15, 0.2) is 30.5 Å². The minimum Gasteiger partial charge on any atom is -0.379 e. The Morgan fingerprint density at radius 1 is 1.44 bits per heavy atom. The van der Waals surface area contributed by atoms with Gasteiger partial charge in [0.05, 0.1) is 31.2 Å². The van der Waals surface area contributed by atoms with E-state index >= 15 is 0 Å². The van der Waals surface area contributed by atoms with Gasteiger partial charge in [0.2, 0.25) is 10.1 Å². The molecule has 132 valence electrons. The van der Waals surface area contributed by atoms with Gasteiger partial charge in [-0.15, -0.1) is 5.10 Å². The fraction of sp³-hybridized carbons (Fsp3) is 0.412. The first-order chi connectivity index (χ1) is 12.2. The third-order valence-corrected chi connectivity index (χ3v) is 4.88. The maximum atomic E-state index is 13.0. The Morgan fingerprint density at radius 2 is 2.28 bits per heavy atom. The summed E-state index contributed by atoms with van der Waals surface area (Å²) >= 11 is 1.48. The van der Waals surface area contributed by atoms with Crippen molar-refractivity contribution >= 4 is 21.4 Å². The van der Waals surface area contributed by atoms with Crippen LogP contribution >= 0.6 is 11.3 Å². The Labute approximate surface area is 148 Å². The van der Waals surface area contributed by atoms with Crippen LogP contribution in [0.4, 0.5) is 9.52 Å². The number of nitrogens with one attached hydrogen (secondary N) is 1. The zero-order valence-electron chi connectivity index (χ0n) is 13.8. The van der Waals surface area contributed by atoms with Crippen molar-refractivity contribution in [3.05, 3.63) is 36.3 Å². The van der Waals surface area contributed by atoms with Crippen LogP contribution in [0.25, 0.3) is 16.2 Å². The lowest BCUT2D eigenvalue weighted by Crippen LogP contribution is -2.25. The topological polar surface area (TPSA) is 60.7 Å². The summed E-state index contributed by atoms with van der Waals surface area (Å²) in [5.41, 5.74) is 1.65. The number of hydrogen-bond acceptors (Lipinski definition) is 6. The predicted octanol–water partition coefficient (Wildman–Crippen LogP) is 3.20. The van der Waals surface area contributed by atoms with E-state index in [2.05, 4.69) is 22.3 Å². The first-order valence-corrected chi connectivity index (χ1v) is 9.07. The Hall–Kier alpha value is -2.03. The van der Waals surface area contributed by atoms with E-state index in [1.807, 2.05) is 6.20 Å². The van der Waals surface area contributed by atoms with E-state index < -0.39 is 0 Å². The number of imidazole rings is 1. The number of fused-ring (bicyclic) bond motifs is 1.